The van der Waals surface area contributed by atoms with Crippen LogP contribution in [-0.2, 0) is 16.4 Å². The van der Waals surface area contributed by atoms with Crippen LogP contribution in [0.5, 0.6) is 11.5 Å². The van der Waals surface area contributed by atoms with Crippen molar-refractivity contribution in [2.24, 2.45) is 0 Å². The minimum absolute atomic E-state index is 0.138. The van der Waals surface area contributed by atoms with Crippen molar-refractivity contribution in [1.82, 2.24) is 9.71 Å². The van der Waals surface area contributed by atoms with Crippen molar-refractivity contribution < 1.29 is 17.9 Å². The van der Waals surface area contributed by atoms with E-state index in [1.54, 1.807) is 12.3 Å². The third-order valence-corrected chi connectivity index (χ3v) is 5.08. The zero-order chi connectivity index (χ0) is 15.3. The number of ether oxygens (including phenoxy) is 2. The minimum Gasteiger partial charge on any atom is -0.493 e. The maximum Gasteiger partial charge on any atom is 0.240 e. The normalized spacial score (nSPS) is 11.3. The standard InChI is InChI=1S/C13H16N2O4S2/c1-18-11-4-3-10(9-12(11)19-2)21(16,17)15-6-5-13-14-7-8-20-13/h3-4,7-9,15H,5-6H2,1-2H3. The van der Waals surface area contributed by atoms with Crippen molar-refractivity contribution >= 4 is 21.4 Å². The molecule has 2 rings (SSSR count). The van der Waals surface area contributed by atoms with Crippen LogP contribution in [-0.4, -0.2) is 34.2 Å². The lowest BCUT2D eigenvalue weighted by Gasteiger charge is -2.10. The quantitative estimate of drug-likeness (QED) is 0.837. The molecule has 1 heterocycles. The van der Waals surface area contributed by atoms with E-state index in [1.165, 1.54) is 37.7 Å². The van der Waals surface area contributed by atoms with E-state index < -0.39 is 10.0 Å². The molecule has 2 aromatic rings. The van der Waals surface area contributed by atoms with Crippen LogP contribution in [0.3, 0.4) is 0 Å². The largest absolute Gasteiger partial charge is 0.493 e. The summed E-state index contributed by atoms with van der Waals surface area (Å²) in [5.74, 6) is 0.861. The number of sulfonamides is 1. The molecule has 0 saturated carbocycles. The molecular weight excluding hydrogens is 312 g/mol. The second-order valence-corrected chi connectivity index (χ2v) is 6.84. The van der Waals surface area contributed by atoms with Crippen LogP contribution in [0.15, 0.2) is 34.7 Å². The highest BCUT2D eigenvalue weighted by molar-refractivity contribution is 7.89. The predicted molar refractivity (Wildman–Crippen MR) is 80.6 cm³/mol. The minimum atomic E-state index is -3.58. The van der Waals surface area contributed by atoms with Crippen molar-refractivity contribution in [1.29, 1.82) is 0 Å². The number of hydrogen-bond donors (Lipinski definition) is 1. The molecule has 21 heavy (non-hydrogen) atoms. The van der Waals surface area contributed by atoms with Gasteiger partial charge in [-0.15, -0.1) is 11.3 Å². The molecule has 0 saturated heterocycles. The highest BCUT2D eigenvalue weighted by Crippen LogP contribution is 2.29. The van der Waals surface area contributed by atoms with Crippen LogP contribution in [0.4, 0.5) is 0 Å². The summed E-state index contributed by atoms with van der Waals surface area (Å²) in [5, 5.41) is 2.75. The first-order valence-corrected chi connectivity index (χ1v) is 8.53. The molecule has 0 bridgehead atoms. The highest BCUT2D eigenvalue weighted by atomic mass is 32.2. The molecular formula is C13H16N2O4S2. The van der Waals surface area contributed by atoms with Crippen molar-refractivity contribution in [2.75, 3.05) is 20.8 Å². The molecule has 0 atom stereocenters. The second kappa shape index (κ2) is 6.88. The summed E-state index contributed by atoms with van der Waals surface area (Å²) in [6, 6.07) is 4.48. The van der Waals surface area contributed by atoms with E-state index in [9.17, 15) is 8.42 Å². The van der Waals surface area contributed by atoms with Crippen LogP contribution in [0, 0.1) is 0 Å². The van der Waals surface area contributed by atoms with Gasteiger partial charge in [0.05, 0.1) is 24.1 Å². The van der Waals surface area contributed by atoms with Crippen LogP contribution in [0.25, 0.3) is 0 Å². The molecule has 0 spiro atoms. The fraction of sp³-hybridized carbons (Fsp3) is 0.308. The van der Waals surface area contributed by atoms with Crippen LogP contribution < -0.4 is 14.2 Å². The van der Waals surface area contributed by atoms with Gasteiger partial charge in [0.1, 0.15) is 0 Å². The Morgan fingerprint density at radius 3 is 2.62 bits per heavy atom. The third kappa shape index (κ3) is 3.93. The van der Waals surface area contributed by atoms with Crippen molar-refractivity contribution in [3.8, 4) is 11.5 Å². The van der Waals surface area contributed by atoms with Gasteiger partial charge in [0.15, 0.2) is 11.5 Å². The Kier molecular flexibility index (Phi) is 5.16. The van der Waals surface area contributed by atoms with Crippen LogP contribution >= 0.6 is 11.3 Å². The lowest BCUT2D eigenvalue weighted by atomic mass is 10.3. The zero-order valence-electron chi connectivity index (χ0n) is 11.7. The number of methoxy groups -OCH3 is 2. The first kappa shape index (κ1) is 15.7. The molecule has 0 fully saturated rings. The van der Waals surface area contributed by atoms with Crippen molar-refractivity contribution in [3.63, 3.8) is 0 Å². The van der Waals surface area contributed by atoms with E-state index in [4.69, 9.17) is 9.47 Å². The molecule has 6 nitrogen and oxygen atoms in total. The average molecular weight is 328 g/mol. The van der Waals surface area contributed by atoms with Gasteiger partial charge in [0.25, 0.3) is 0 Å². The summed E-state index contributed by atoms with van der Waals surface area (Å²) in [7, 11) is -0.619. The van der Waals surface area contributed by atoms with E-state index in [1.807, 2.05) is 5.38 Å². The number of nitrogens with zero attached hydrogens (tertiary/aromatic N) is 1. The molecule has 114 valence electrons. The van der Waals surface area contributed by atoms with Crippen molar-refractivity contribution in [3.05, 3.63) is 34.8 Å². The fourth-order valence-corrected chi connectivity index (χ4v) is 3.40. The van der Waals surface area contributed by atoms with Gasteiger partial charge in [-0.05, 0) is 12.1 Å². The van der Waals surface area contributed by atoms with Gasteiger partial charge >= 0.3 is 0 Å². The van der Waals surface area contributed by atoms with Gasteiger partial charge in [-0.25, -0.2) is 18.1 Å². The molecule has 0 aliphatic carbocycles. The predicted octanol–water partition coefficient (Wildman–Crippen LogP) is 1.68. The molecule has 0 unspecified atom stereocenters. The summed E-state index contributed by atoms with van der Waals surface area (Å²) in [6.07, 6.45) is 2.26. The number of benzene rings is 1. The number of thiazole rings is 1. The Morgan fingerprint density at radius 1 is 1.24 bits per heavy atom. The maximum absolute atomic E-state index is 12.2. The lowest BCUT2D eigenvalue weighted by molar-refractivity contribution is 0.354. The topological polar surface area (TPSA) is 77.5 Å². The number of hydrogen-bond acceptors (Lipinski definition) is 6. The molecule has 0 aliphatic heterocycles. The van der Waals surface area contributed by atoms with Gasteiger partial charge in [-0.3, -0.25) is 0 Å². The van der Waals surface area contributed by atoms with Gasteiger partial charge in [-0.2, -0.15) is 0 Å². The monoisotopic (exact) mass is 328 g/mol. The molecule has 8 heteroatoms. The van der Waals surface area contributed by atoms with E-state index in [0.717, 1.165) is 5.01 Å². The van der Waals surface area contributed by atoms with E-state index in [-0.39, 0.29) is 4.90 Å². The highest BCUT2D eigenvalue weighted by Gasteiger charge is 2.16. The van der Waals surface area contributed by atoms with E-state index in [2.05, 4.69) is 9.71 Å². The average Bonchev–Trinajstić information content (AvgIpc) is 2.99. The smallest absolute Gasteiger partial charge is 0.240 e. The van der Waals surface area contributed by atoms with Gasteiger partial charge in [0.2, 0.25) is 10.0 Å². The zero-order valence-corrected chi connectivity index (χ0v) is 13.3. The van der Waals surface area contributed by atoms with Crippen LogP contribution in [0.1, 0.15) is 5.01 Å². The Labute approximate surface area is 127 Å². The van der Waals surface area contributed by atoms with Gasteiger partial charge < -0.3 is 9.47 Å². The molecule has 0 radical (unpaired) electrons. The summed E-state index contributed by atoms with van der Waals surface area (Å²) >= 11 is 1.50. The molecule has 1 aromatic heterocycles. The Bertz CT molecular complexity index is 684. The number of rotatable bonds is 7. The first-order valence-electron chi connectivity index (χ1n) is 6.17. The Morgan fingerprint density at radius 2 is 2.00 bits per heavy atom. The summed E-state index contributed by atoms with van der Waals surface area (Å²) in [5.41, 5.74) is 0. The van der Waals surface area contributed by atoms with Crippen molar-refractivity contribution in [2.45, 2.75) is 11.3 Å². The lowest BCUT2D eigenvalue weighted by Crippen LogP contribution is -2.26. The summed E-state index contributed by atoms with van der Waals surface area (Å²) in [6.45, 7) is 0.296. The number of nitrogens with one attached hydrogen (secondary N) is 1. The van der Waals surface area contributed by atoms with Gasteiger partial charge in [0, 0.05) is 30.6 Å². The third-order valence-electron chi connectivity index (χ3n) is 2.78. The van der Waals surface area contributed by atoms with E-state index >= 15 is 0 Å². The van der Waals surface area contributed by atoms with E-state index in [0.29, 0.717) is 24.5 Å². The van der Waals surface area contributed by atoms with Crippen LogP contribution in [0.2, 0.25) is 0 Å². The summed E-state index contributed by atoms with van der Waals surface area (Å²) < 4.78 is 37.1. The maximum atomic E-state index is 12.2. The molecule has 0 amide bonds. The molecule has 1 N–H and O–H groups in total. The summed E-state index contributed by atoms with van der Waals surface area (Å²) in [4.78, 5) is 4.24. The molecule has 0 aliphatic rings. The SMILES string of the molecule is COc1ccc(S(=O)(=O)NCCc2nccs2)cc1OC. The first-order chi connectivity index (χ1) is 10.1. The Balaban J connectivity index is 2.08. The molecule has 1 aromatic carbocycles. The second-order valence-electron chi connectivity index (χ2n) is 4.09. The van der Waals surface area contributed by atoms with Gasteiger partial charge in [-0.1, -0.05) is 0 Å². The Hall–Kier alpha value is -1.64. The number of aromatic nitrogens is 1. The fourth-order valence-electron chi connectivity index (χ4n) is 1.74.